The third-order valence-electron chi connectivity index (χ3n) is 4.99. The number of nitro benzene ring substituents is 1. The number of nitrogens with one attached hydrogen (secondary N) is 1. The summed E-state index contributed by atoms with van der Waals surface area (Å²) < 4.78 is 11.2. The van der Waals surface area contributed by atoms with Gasteiger partial charge in [-0.05, 0) is 66.4 Å². The van der Waals surface area contributed by atoms with E-state index in [9.17, 15) is 14.9 Å². The predicted octanol–water partition coefficient (Wildman–Crippen LogP) is 4.49. The number of nitrogens with zero attached hydrogens (tertiary/aromatic N) is 2. The Balaban J connectivity index is 1.58. The number of aryl methyl sites for hydroxylation is 2. The zero-order valence-electron chi connectivity index (χ0n) is 18.7. The van der Waals surface area contributed by atoms with E-state index in [-0.39, 0.29) is 24.6 Å². The van der Waals surface area contributed by atoms with E-state index >= 15 is 0 Å². The first-order chi connectivity index (χ1) is 15.9. The molecule has 0 aliphatic rings. The van der Waals surface area contributed by atoms with Crippen molar-refractivity contribution in [1.29, 1.82) is 0 Å². The molecule has 1 N–H and O–H groups in total. The van der Waals surface area contributed by atoms with E-state index in [1.165, 1.54) is 25.5 Å². The molecule has 0 heterocycles. The number of methoxy groups -OCH3 is 1. The molecule has 170 valence electrons. The molecular formula is C25H25N3O5. The summed E-state index contributed by atoms with van der Waals surface area (Å²) in [7, 11) is 1.53. The molecule has 3 aromatic rings. The Kier molecular flexibility index (Phi) is 7.75. The molecule has 0 spiro atoms. The lowest BCUT2D eigenvalue weighted by Crippen LogP contribution is -2.20. The molecule has 0 aromatic heterocycles. The largest absolute Gasteiger partial charge is 0.493 e. The van der Waals surface area contributed by atoms with E-state index in [1.807, 2.05) is 32.0 Å². The summed E-state index contributed by atoms with van der Waals surface area (Å²) in [6.07, 6.45) is 1.78. The van der Waals surface area contributed by atoms with Gasteiger partial charge in [-0.15, -0.1) is 0 Å². The summed E-state index contributed by atoms with van der Waals surface area (Å²) >= 11 is 0. The second-order valence-electron chi connectivity index (χ2n) is 7.52. The SMILES string of the molecule is COc1cc(/C=N/NC(=O)Cc2cc(C)ccc2C)ccc1OCc1ccc([N+](=O)[O-])cc1. The van der Waals surface area contributed by atoms with Gasteiger partial charge in [-0.1, -0.05) is 23.8 Å². The minimum absolute atomic E-state index is 0.0288. The average Bonchev–Trinajstić information content (AvgIpc) is 2.80. The Bertz CT molecular complexity index is 1170. The fraction of sp³-hybridized carbons (Fsp3) is 0.200. The van der Waals surface area contributed by atoms with Crippen LogP contribution in [-0.4, -0.2) is 24.2 Å². The maximum atomic E-state index is 12.2. The minimum atomic E-state index is -0.444. The van der Waals surface area contributed by atoms with Crippen molar-refractivity contribution in [2.45, 2.75) is 26.9 Å². The highest BCUT2D eigenvalue weighted by Gasteiger charge is 2.09. The summed E-state index contributed by atoms with van der Waals surface area (Å²) in [4.78, 5) is 22.5. The molecule has 8 nitrogen and oxygen atoms in total. The highest BCUT2D eigenvalue weighted by atomic mass is 16.6. The van der Waals surface area contributed by atoms with Crippen LogP contribution in [0.5, 0.6) is 11.5 Å². The molecule has 3 rings (SSSR count). The third-order valence-corrected chi connectivity index (χ3v) is 4.99. The van der Waals surface area contributed by atoms with Gasteiger partial charge in [-0.2, -0.15) is 5.10 Å². The van der Waals surface area contributed by atoms with Gasteiger partial charge in [0.2, 0.25) is 5.91 Å². The number of hydrogen-bond donors (Lipinski definition) is 1. The molecule has 8 heteroatoms. The van der Waals surface area contributed by atoms with E-state index in [0.717, 1.165) is 27.8 Å². The zero-order chi connectivity index (χ0) is 23.8. The van der Waals surface area contributed by atoms with Gasteiger partial charge >= 0.3 is 0 Å². The van der Waals surface area contributed by atoms with Gasteiger partial charge in [0, 0.05) is 12.1 Å². The van der Waals surface area contributed by atoms with Crippen LogP contribution in [-0.2, 0) is 17.8 Å². The first-order valence-electron chi connectivity index (χ1n) is 10.3. The normalized spacial score (nSPS) is 10.8. The van der Waals surface area contributed by atoms with Crippen molar-refractivity contribution in [2.75, 3.05) is 7.11 Å². The quantitative estimate of drug-likeness (QED) is 0.296. The van der Waals surface area contributed by atoms with Gasteiger partial charge < -0.3 is 9.47 Å². The Morgan fingerprint density at radius 3 is 2.52 bits per heavy atom. The first kappa shape index (κ1) is 23.5. The fourth-order valence-corrected chi connectivity index (χ4v) is 3.14. The molecule has 0 atom stereocenters. The number of hydrazone groups is 1. The summed E-state index contributed by atoms with van der Waals surface area (Å²) in [5.74, 6) is 0.824. The number of hydrogen-bond acceptors (Lipinski definition) is 6. The van der Waals surface area contributed by atoms with Crippen molar-refractivity contribution in [1.82, 2.24) is 5.43 Å². The Hall–Kier alpha value is -4.20. The highest BCUT2D eigenvalue weighted by molar-refractivity contribution is 5.84. The standard InChI is InChI=1S/C25H25N3O5/c1-17-4-5-18(2)21(12-17)14-25(29)27-26-15-20-8-11-23(24(13-20)32-3)33-16-19-6-9-22(10-7-19)28(30)31/h4-13,15H,14,16H2,1-3H3,(H,27,29)/b26-15+. The number of rotatable bonds is 9. The van der Waals surface area contributed by atoms with E-state index in [4.69, 9.17) is 9.47 Å². The van der Waals surface area contributed by atoms with E-state index in [1.54, 1.807) is 30.3 Å². The Morgan fingerprint density at radius 2 is 1.82 bits per heavy atom. The molecule has 0 aliphatic heterocycles. The van der Waals surface area contributed by atoms with Gasteiger partial charge in [0.05, 0.1) is 24.7 Å². The minimum Gasteiger partial charge on any atom is -0.493 e. The second-order valence-corrected chi connectivity index (χ2v) is 7.52. The first-order valence-corrected chi connectivity index (χ1v) is 10.3. The number of nitro groups is 1. The molecule has 0 saturated carbocycles. The molecule has 3 aromatic carbocycles. The molecule has 0 unspecified atom stereocenters. The van der Waals surface area contributed by atoms with Gasteiger partial charge in [-0.3, -0.25) is 14.9 Å². The predicted molar refractivity (Wildman–Crippen MR) is 126 cm³/mol. The van der Waals surface area contributed by atoms with Crippen molar-refractivity contribution in [3.8, 4) is 11.5 Å². The van der Waals surface area contributed by atoms with Gasteiger partial charge in [0.25, 0.3) is 5.69 Å². The van der Waals surface area contributed by atoms with Crippen LogP contribution < -0.4 is 14.9 Å². The molecule has 0 saturated heterocycles. The molecule has 0 aliphatic carbocycles. The summed E-state index contributed by atoms with van der Waals surface area (Å²) in [6, 6.07) is 17.4. The number of non-ortho nitro benzene ring substituents is 1. The van der Waals surface area contributed by atoms with Crippen LogP contribution >= 0.6 is 0 Å². The number of carbonyl (C=O) groups excluding carboxylic acids is 1. The Morgan fingerprint density at radius 1 is 1.06 bits per heavy atom. The van der Waals surface area contributed by atoms with E-state index in [0.29, 0.717) is 11.5 Å². The monoisotopic (exact) mass is 447 g/mol. The van der Waals surface area contributed by atoms with Crippen molar-refractivity contribution >= 4 is 17.8 Å². The lowest BCUT2D eigenvalue weighted by molar-refractivity contribution is -0.384. The summed E-state index contributed by atoms with van der Waals surface area (Å²) in [5, 5.41) is 14.8. The number of amides is 1. The molecular weight excluding hydrogens is 422 g/mol. The van der Waals surface area contributed by atoms with Crippen molar-refractivity contribution in [2.24, 2.45) is 5.10 Å². The molecule has 1 amide bonds. The molecule has 0 bridgehead atoms. The van der Waals surface area contributed by atoms with Crippen LogP contribution in [0.3, 0.4) is 0 Å². The van der Waals surface area contributed by atoms with Gasteiger partial charge in [-0.25, -0.2) is 5.43 Å². The molecule has 0 fully saturated rings. The van der Waals surface area contributed by atoms with Crippen molar-refractivity contribution in [3.63, 3.8) is 0 Å². The van der Waals surface area contributed by atoms with Crippen molar-refractivity contribution < 1.29 is 19.2 Å². The number of ether oxygens (including phenoxy) is 2. The molecule has 33 heavy (non-hydrogen) atoms. The lowest BCUT2D eigenvalue weighted by Gasteiger charge is -2.11. The third kappa shape index (κ3) is 6.64. The smallest absolute Gasteiger partial charge is 0.269 e. The Labute approximate surface area is 192 Å². The van der Waals surface area contributed by atoms with Crippen molar-refractivity contribution in [3.05, 3.63) is 98.6 Å². The van der Waals surface area contributed by atoms with E-state index in [2.05, 4.69) is 10.5 Å². The van der Waals surface area contributed by atoms with Crippen LogP contribution in [0.15, 0.2) is 65.8 Å². The lowest BCUT2D eigenvalue weighted by atomic mass is 10.0. The second kappa shape index (κ2) is 10.9. The van der Waals surface area contributed by atoms with Crippen LogP contribution in [0.25, 0.3) is 0 Å². The maximum absolute atomic E-state index is 12.2. The van der Waals surface area contributed by atoms with Crippen LogP contribution in [0, 0.1) is 24.0 Å². The topological polar surface area (TPSA) is 103 Å². The highest BCUT2D eigenvalue weighted by Crippen LogP contribution is 2.28. The fourth-order valence-electron chi connectivity index (χ4n) is 3.14. The zero-order valence-corrected chi connectivity index (χ0v) is 18.7. The maximum Gasteiger partial charge on any atom is 0.269 e. The number of benzene rings is 3. The summed E-state index contributed by atoms with van der Waals surface area (Å²) in [6.45, 7) is 4.20. The van der Waals surface area contributed by atoms with Crippen LogP contribution in [0.2, 0.25) is 0 Å². The van der Waals surface area contributed by atoms with Gasteiger partial charge in [0.15, 0.2) is 11.5 Å². The van der Waals surface area contributed by atoms with E-state index < -0.39 is 4.92 Å². The summed E-state index contributed by atoms with van der Waals surface area (Å²) in [5.41, 5.74) is 7.23. The average molecular weight is 447 g/mol. The van der Waals surface area contributed by atoms with Crippen LogP contribution in [0.1, 0.15) is 27.8 Å². The van der Waals surface area contributed by atoms with Crippen LogP contribution in [0.4, 0.5) is 5.69 Å². The van der Waals surface area contributed by atoms with Gasteiger partial charge in [0.1, 0.15) is 6.61 Å². The number of carbonyl (C=O) groups is 1. The molecule has 0 radical (unpaired) electrons.